The zero-order chi connectivity index (χ0) is 9.40. The van der Waals surface area contributed by atoms with E-state index in [2.05, 4.69) is 31.3 Å². The third-order valence-corrected chi connectivity index (χ3v) is 1.19. The zero-order valence-electron chi connectivity index (χ0n) is 7.16. The fraction of sp³-hybridized carbons (Fsp3) is 0. The summed E-state index contributed by atoms with van der Waals surface area (Å²) in [6.45, 7) is 14.5. The highest BCUT2D eigenvalue weighted by molar-refractivity contribution is 5.72. The molecule has 0 bridgehead atoms. The molecule has 0 saturated carbocycles. The molecule has 0 rings (SSSR count). The lowest BCUT2D eigenvalue weighted by molar-refractivity contribution is 1.38. The summed E-state index contributed by atoms with van der Waals surface area (Å²) in [7, 11) is 0. The first-order valence-electron chi connectivity index (χ1n) is 3.55. The lowest BCUT2D eigenvalue weighted by atomic mass is 10.2. The summed E-state index contributed by atoms with van der Waals surface area (Å²) in [5, 5.41) is 0. The van der Waals surface area contributed by atoms with Gasteiger partial charge in [-0.15, -0.1) is 0 Å². The smallest absolute Gasteiger partial charge is 0.0629 e. The van der Waals surface area contributed by atoms with Crippen LogP contribution in [0.1, 0.15) is 0 Å². The van der Waals surface area contributed by atoms with Crippen LogP contribution in [0.5, 0.6) is 0 Å². The molecule has 0 unspecified atom stereocenters. The van der Waals surface area contributed by atoms with Gasteiger partial charge >= 0.3 is 0 Å². The van der Waals surface area contributed by atoms with Gasteiger partial charge in [-0.3, -0.25) is 4.99 Å². The second-order valence-electron chi connectivity index (χ2n) is 2.02. The second kappa shape index (κ2) is 6.10. The SMILES string of the molecule is C=CC=NC(=C)/C(C=C)=C/C=C. The standard InChI is InChI=1S/C11H13N/c1-5-8-11(7-3)10(4)12-9-6-2/h5-9H,1-4H2/b11-8+,12-9?. The van der Waals surface area contributed by atoms with E-state index in [1.165, 1.54) is 0 Å². The number of nitrogens with zero attached hydrogens (tertiary/aromatic N) is 1. The normalized spacial score (nSPS) is 11.2. The van der Waals surface area contributed by atoms with Crippen LogP contribution in [-0.2, 0) is 0 Å². The van der Waals surface area contributed by atoms with Crippen molar-refractivity contribution < 1.29 is 0 Å². The van der Waals surface area contributed by atoms with Gasteiger partial charge in [-0.2, -0.15) is 0 Å². The molecule has 12 heavy (non-hydrogen) atoms. The average molecular weight is 159 g/mol. The Bertz CT molecular complexity index is 254. The number of allylic oxidation sites excluding steroid dienone is 4. The third-order valence-electron chi connectivity index (χ3n) is 1.19. The maximum absolute atomic E-state index is 4.01. The maximum atomic E-state index is 4.01. The Kier molecular flexibility index (Phi) is 5.28. The Labute approximate surface area is 73.8 Å². The fourth-order valence-electron chi connectivity index (χ4n) is 0.626. The monoisotopic (exact) mass is 159 g/mol. The molecule has 1 nitrogen and oxygen atoms in total. The number of hydrogen-bond acceptors (Lipinski definition) is 1. The van der Waals surface area contributed by atoms with E-state index >= 15 is 0 Å². The van der Waals surface area contributed by atoms with Crippen molar-refractivity contribution in [2.45, 2.75) is 0 Å². The minimum atomic E-state index is 0.657. The minimum Gasteiger partial charge on any atom is -0.257 e. The van der Waals surface area contributed by atoms with Gasteiger partial charge in [-0.1, -0.05) is 50.6 Å². The zero-order valence-corrected chi connectivity index (χ0v) is 7.16. The number of rotatable bonds is 5. The fourth-order valence-corrected chi connectivity index (χ4v) is 0.626. The van der Waals surface area contributed by atoms with Gasteiger partial charge < -0.3 is 0 Å². The highest BCUT2D eigenvalue weighted by Gasteiger charge is 1.91. The molecule has 0 atom stereocenters. The molecule has 0 aliphatic carbocycles. The van der Waals surface area contributed by atoms with Crippen LogP contribution in [0.3, 0.4) is 0 Å². The molecule has 1 heteroatoms. The van der Waals surface area contributed by atoms with E-state index in [1.54, 1.807) is 30.5 Å². The van der Waals surface area contributed by atoms with E-state index < -0.39 is 0 Å². The van der Waals surface area contributed by atoms with Gasteiger partial charge in [0.25, 0.3) is 0 Å². The average Bonchev–Trinajstić information content (AvgIpc) is 2.10. The van der Waals surface area contributed by atoms with Crippen molar-refractivity contribution in [1.82, 2.24) is 0 Å². The van der Waals surface area contributed by atoms with Gasteiger partial charge in [0.2, 0.25) is 0 Å². The molecule has 0 radical (unpaired) electrons. The van der Waals surface area contributed by atoms with E-state index in [9.17, 15) is 0 Å². The van der Waals surface area contributed by atoms with Gasteiger partial charge in [0.05, 0.1) is 5.70 Å². The molecule has 0 aromatic heterocycles. The lowest BCUT2D eigenvalue weighted by Crippen LogP contribution is -1.80. The first-order chi connectivity index (χ1) is 5.76. The van der Waals surface area contributed by atoms with Crippen LogP contribution < -0.4 is 0 Å². The molecular weight excluding hydrogens is 146 g/mol. The summed E-state index contributed by atoms with van der Waals surface area (Å²) in [4.78, 5) is 4.01. The van der Waals surface area contributed by atoms with Crippen LogP contribution in [0.2, 0.25) is 0 Å². The Hall–Kier alpha value is -1.63. The van der Waals surface area contributed by atoms with E-state index in [0.717, 1.165) is 5.57 Å². The molecule has 0 amide bonds. The van der Waals surface area contributed by atoms with Crippen molar-refractivity contribution in [3.05, 3.63) is 61.9 Å². The van der Waals surface area contributed by atoms with Crippen LogP contribution >= 0.6 is 0 Å². The topological polar surface area (TPSA) is 12.4 Å². The van der Waals surface area contributed by atoms with Gasteiger partial charge in [-0.05, 0) is 5.57 Å². The summed E-state index contributed by atoms with van der Waals surface area (Å²) < 4.78 is 0. The quantitative estimate of drug-likeness (QED) is 0.432. The molecule has 0 heterocycles. The molecule has 0 N–H and O–H groups in total. The van der Waals surface area contributed by atoms with E-state index in [4.69, 9.17) is 0 Å². The summed E-state index contributed by atoms with van der Waals surface area (Å²) in [5.74, 6) is 0. The van der Waals surface area contributed by atoms with Crippen molar-refractivity contribution in [3.8, 4) is 0 Å². The van der Waals surface area contributed by atoms with Crippen LogP contribution in [0, 0.1) is 0 Å². The van der Waals surface area contributed by atoms with Crippen molar-refractivity contribution in [3.63, 3.8) is 0 Å². The van der Waals surface area contributed by atoms with Crippen LogP contribution in [0.25, 0.3) is 0 Å². The Balaban J connectivity index is 4.53. The highest BCUT2D eigenvalue weighted by atomic mass is 14.7. The Morgan fingerprint density at radius 2 is 1.75 bits per heavy atom. The minimum absolute atomic E-state index is 0.657. The molecule has 62 valence electrons. The molecule has 0 aromatic carbocycles. The third kappa shape index (κ3) is 3.52. The van der Waals surface area contributed by atoms with Crippen molar-refractivity contribution >= 4 is 6.21 Å². The maximum Gasteiger partial charge on any atom is 0.0629 e. The molecule has 0 saturated heterocycles. The Morgan fingerprint density at radius 1 is 1.08 bits per heavy atom. The van der Waals surface area contributed by atoms with Crippen LogP contribution in [0.4, 0.5) is 0 Å². The lowest BCUT2D eigenvalue weighted by Gasteiger charge is -1.97. The molecule has 0 spiro atoms. The summed E-state index contributed by atoms with van der Waals surface area (Å²) >= 11 is 0. The number of aliphatic imine (C=N–C) groups is 1. The first-order valence-corrected chi connectivity index (χ1v) is 3.55. The molecule has 0 aromatic rings. The van der Waals surface area contributed by atoms with E-state index in [0.29, 0.717) is 5.70 Å². The van der Waals surface area contributed by atoms with Gasteiger partial charge in [0, 0.05) is 6.21 Å². The van der Waals surface area contributed by atoms with Gasteiger partial charge in [0.15, 0.2) is 0 Å². The van der Waals surface area contributed by atoms with Crippen LogP contribution in [-0.4, -0.2) is 6.21 Å². The molecule has 0 fully saturated rings. The number of hydrogen-bond donors (Lipinski definition) is 0. The van der Waals surface area contributed by atoms with Crippen molar-refractivity contribution in [1.29, 1.82) is 0 Å². The molecule has 0 aliphatic heterocycles. The predicted octanol–water partition coefficient (Wildman–Crippen LogP) is 3.06. The second-order valence-corrected chi connectivity index (χ2v) is 2.02. The Morgan fingerprint density at radius 3 is 2.17 bits per heavy atom. The predicted molar refractivity (Wildman–Crippen MR) is 56.3 cm³/mol. The van der Waals surface area contributed by atoms with Crippen molar-refractivity contribution in [2.24, 2.45) is 4.99 Å². The van der Waals surface area contributed by atoms with E-state index in [1.807, 2.05) is 0 Å². The van der Waals surface area contributed by atoms with Gasteiger partial charge in [-0.25, -0.2) is 0 Å². The first kappa shape index (κ1) is 10.4. The van der Waals surface area contributed by atoms with Crippen LogP contribution in [0.15, 0.2) is 66.9 Å². The largest absolute Gasteiger partial charge is 0.257 e. The molecule has 0 aliphatic rings. The summed E-state index contributed by atoms with van der Waals surface area (Å²) in [6.07, 6.45) is 8.34. The highest BCUT2D eigenvalue weighted by Crippen LogP contribution is 2.09. The van der Waals surface area contributed by atoms with Crippen molar-refractivity contribution in [2.75, 3.05) is 0 Å². The summed E-state index contributed by atoms with van der Waals surface area (Å²) in [5.41, 5.74) is 1.52. The van der Waals surface area contributed by atoms with E-state index in [-0.39, 0.29) is 0 Å². The van der Waals surface area contributed by atoms with Gasteiger partial charge in [0.1, 0.15) is 0 Å². The summed E-state index contributed by atoms with van der Waals surface area (Å²) in [6, 6.07) is 0. The molecular formula is C11H13N.